The largest absolute Gasteiger partial charge is 0.691 e. The van der Waals surface area contributed by atoms with Gasteiger partial charge < -0.3 is 20.5 Å². The number of methoxy groups -OCH3 is 1. The predicted molar refractivity (Wildman–Crippen MR) is 95.3 cm³/mol. The summed E-state index contributed by atoms with van der Waals surface area (Å²) in [7, 11) is 5.12. The summed E-state index contributed by atoms with van der Waals surface area (Å²) in [6.45, 7) is 0. The van der Waals surface area contributed by atoms with Crippen molar-refractivity contribution in [3.05, 3.63) is 51.9 Å². The Hall–Kier alpha value is -2.01. The lowest BCUT2D eigenvalue weighted by atomic mass is 9.80. The van der Waals surface area contributed by atoms with E-state index in [1.54, 1.807) is 21.2 Å². The molecule has 2 rings (SSSR count). The second-order valence-corrected chi connectivity index (χ2v) is 6.31. The Morgan fingerprint density at radius 2 is 1.71 bits per heavy atom. The number of Topliss-reactive ketones (excluding diaryl/α,β-unsaturated/α-hetero) is 1. The van der Waals surface area contributed by atoms with Gasteiger partial charge in [-0.1, -0.05) is 12.1 Å². The van der Waals surface area contributed by atoms with Gasteiger partial charge in [-0.25, -0.2) is 0 Å². The van der Waals surface area contributed by atoms with Gasteiger partial charge in [0.25, 0.3) is 0 Å². The lowest BCUT2D eigenvalue weighted by molar-refractivity contribution is -0.125. The predicted octanol–water partition coefficient (Wildman–Crippen LogP) is 3.72. The zero-order valence-electron chi connectivity index (χ0n) is 14.7. The molecule has 0 heterocycles. The SMILES string of the molecule is C[N-]C(Cc1ccc(OC)cc1)=C(CC1(O)CCC(=O)CC1)[N-]C. The van der Waals surface area contributed by atoms with E-state index in [4.69, 9.17) is 4.74 Å². The molecule has 1 saturated carbocycles. The van der Waals surface area contributed by atoms with Crippen molar-refractivity contribution in [2.75, 3.05) is 21.2 Å². The van der Waals surface area contributed by atoms with Gasteiger partial charge in [0.15, 0.2) is 0 Å². The smallest absolute Gasteiger partial charge is 0.133 e. The Balaban J connectivity index is 2.13. The van der Waals surface area contributed by atoms with Crippen LogP contribution in [0.25, 0.3) is 10.6 Å². The molecule has 0 aliphatic heterocycles. The van der Waals surface area contributed by atoms with Crippen LogP contribution in [0.15, 0.2) is 35.7 Å². The highest BCUT2D eigenvalue weighted by Gasteiger charge is 2.31. The van der Waals surface area contributed by atoms with Crippen LogP contribution in [-0.4, -0.2) is 37.7 Å². The van der Waals surface area contributed by atoms with Crippen LogP contribution in [0.5, 0.6) is 5.75 Å². The summed E-state index contributed by atoms with van der Waals surface area (Å²) in [6, 6.07) is 7.86. The number of rotatable bonds is 7. The quantitative estimate of drug-likeness (QED) is 0.828. The van der Waals surface area contributed by atoms with Crippen LogP contribution in [-0.2, 0) is 11.2 Å². The topological polar surface area (TPSA) is 74.7 Å². The van der Waals surface area contributed by atoms with Crippen molar-refractivity contribution in [3.63, 3.8) is 0 Å². The van der Waals surface area contributed by atoms with Crippen LogP contribution in [0, 0.1) is 0 Å². The zero-order chi connectivity index (χ0) is 17.6. The second-order valence-electron chi connectivity index (χ2n) is 6.31. The fourth-order valence-electron chi connectivity index (χ4n) is 3.04. The highest BCUT2D eigenvalue weighted by atomic mass is 16.5. The second kappa shape index (κ2) is 8.20. The van der Waals surface area contributed by atoms with E-state index in [0.29, 0.717) is 38.5 Å². The van der Waals surface area contributed by atoms with E-state index in [1.807, 2.05) is 24.3 Å². The maximum absolute atomic E-state index is 11.4. The van der Waals surface area contributed by atoms with Gasteiger partial charge in [0.05, 0.1) is 12.7 Å². The monoisotopic (exact) mass is 330 g/mol. The van der Waals surface area contributed by atoms with Crippen LogP contribution < -0.4 is 4.74 Å². The van der Waals surface area contributed by atoms with Crippen molar-refractivity contribution in [1.82, 2.24) is 0 Å². The highest BCUT2D eigenvalue weighted by Crippen LogP contribution is 2.35. The number of ketones is 1. The average molecular weight is 330 g/mol. The van der Waals surface area contributed by atoms with Crippen LogP contribution in [0.2, 0.25) is 0 Å². The summed E-state index contributed by atoms with van der Waals surface area (Å²) in [4.78, 5) is 11.4. The van der Waals surface area contributed by atoms with Crippen LogP contribution >= 0.6 is 0 Å². The van der Waals surface area contributed by atoms with E-state index >= 15 is 0 Å². The van der Waals surface area contributed by atoms with Crippen molar-refractivity contribution in [2.24, 2.45) is 0 Å². The van der Waals surface area contributed by atoms with Crippen LogP contribution in [0.3, 0.4) is 0 Å². The van der Waals surface area contributed by atoms with E-state index < -0.39 is 5.60 Å². The van der Waals surface area contributed by atoms with Gasteiger partial charge in [-0.2, -0.15) is 11.4 Å². The summed E-state index contributed by atoms with van der Waals surface area (Å²) in [5, 5.41) is 19.5. The number of likely N-dealkylation sites (N-methyl/N-ethyl adjacent to an activating group) is 1. The molecule has 1 aliphatic carbocycles. The third-order valence-corrected chi connectivity index (χ3v) is 4.64. The first-order valence-electron chi connectivity index (χ1n) is 8.28. The molecule has 24 heavy (non-hydrogen) atoms. The number of ether oxygens (including phenoxy) is 1. The number of carbonyl (C=O) groups is 1. The van der Waals surface area contributed by atoms with Crippen molar-refractivity contribution in [3.8, 4) is 5.75 Å². The Bertz CT molecular complexity index is 583. The van der Waals surface area contributed by atoms with E-state index in [0.717, 1.165) is 22.7 Å². The number of aliphatic hydroxyl groups is 1. The lowest BCUT2D eigenvalue weighted by Gasteiger charge is -2.40. The van der Waals surface area contributed by atoms with E-state index in [9.17, 15) is 9.90 Å². The number of hydrogen-bond acceptors (Lipinski definition) is 3. The third kappa shape index (κ3) is 4.74. The number of nitrogens with zero attached hydrogens (tertiary/aromatic N) is 2. The van der Waals surface area contributed by atoms with Crippen LogP contribution in [0.4, 0.5) is 0 Å². The summed E-state index contributed by atoms with van der Waals surface area (Å²) >= 11 is 0. The van der Waals surface area contributed by atoms with Gasteiger partial charge in [0.1, 0.15) is 11.5 Å². The standard InChI is InChI=1S/C19H26N2O3/c1-20-17(12-14-4-6-16(24-3)7-5-14)18(21-2)13-19(23)10-8-15(22)9-11-19/h4-7,23H,8-13H2,1-3H3/q-2. The fourth-order valence-corrected chi connectivity index (χ4v) is 3.04. The van der Waals surface area contributed by atoms with Gasteiger partial charge in [-0.15, -0.1) is 14.1 Å². The molecule has 0 amide bonds. The molecule has 0 spiro atoms. The molecule has 0 bridgehead atoms. The molecule has 0 saturated heterocycles. The number of hydrogen-bond donors (Lipinski definition) is 1. The molecular weight excluding hydrogens is 304 g/mol. The number of allylic oxidation sites excluding steroid dienone is 1. The molecular formula is C19H26N2O3-2. The van der Waals surface area contributed by atoms with Crippen molar-refractivity contribution in [2.45, 2.75) is 44.1 Å². The van der Waals surface area contributed by atoms with Gasteiger partial charge in [0.2, 0.25) is 0 Å². The molecule has 1 aromatic carbocycles. The van der Waals surface area contributed by atoms with Gasteiger partial charge in [-0.3, -0.25) is 4.79 Å². The van der Waals surface area contributed by atoms with Gasteiger partial charge >= 0.3 is 0 Å². The maximum Gasteiger partial charge on any atom is 0.133 e. The highest BCUT2D eigenvalue weighted by molar-refractivity contribution is 5.79. The van der Waals surface area contributed by atoms with Gasteiger partial charge in [-0.05, 0) is 43.4 Å². The maximum atomic E-state index is 11.4. The van der Waals surface area contributed by atoms with Gasteiger partial charge in [0, 0.05) is 12.8 Å². The van der Waals surface area contributed by atoms with E-state index in [2.05, 4.69) is 10.6 Å². The minimum atomic E-state index is -0.849. The minimum absolute atomic E-state index is 0.234. The fraction of sp³-hybridized carbons (Fsp3) is 0.526. The van der Waals surface area contributed by atoms with Crippen molar-refractivity contribution >= 4 is 5.78 Å². The summed E-state index contributed by atoms with van der Waals surface area (Å²) in [6.07, 6.45) is 3.01. The molecule has 0 unspecified atom stereocenters. The first-order chi connectivity index (χ1) is 11.5. The third-order valence-electron chi connectivity index (χ3n) is 4.64. The Kier molecular flexibility index (Phi) is 6.26. The molecule has 5 heteroatoms. The lowest BCUT2D eigenvalue weighted by Crippen LogP contribution is -2.34. The summed E-state index contributed by atoms with van der Waals surface area (Å²) in [5.41, 5.74) is 1.94. The van der Waals surface area contributed by atoms with E-state index in [-0.39, 0.29) is 5.78 Å². The molecule has 132 valence electrons. The number of benzene rings is 1. The normalized spacial score (nSPS) is 17.9. The Labute approximate surface area is 144 Å². The molecule has 1 aromatic rings. The first kappa shape index (κ1) is 18.3. The minimum Gasteiger partial charge on any atom is -0.691 e. The molecule has 0 atom stereocenters. The molecule has 5 nitrogen and oxygen atoms in total. The van der Waals surface area contributed by atoms with Crippen molar-refractivity contribution < 1.29 is 14.6 Å². The molecule has 1 N–H and O–H groups in total. The molecule has 1 fully saturated rings. The van der Waals surface area contributed by atoms with Crippen LogP contribution in [0.1, 0.15) is 37.7 Å². The summed E-state index contributed by atoms with van der Waals surface area (Å²) in [5.74, 6) is 1.05. The molecule has 1 aliphatic rings. The molecule has 0 aromatic heterocycles. The van der Waals surface area contributed by atoms with E-state index in [1.165, 1.54) is 0 Å². The average Bonchev–Trinajstić information content (AvgIpc) is 2.61. The zero-order valence-corrected chi connectivity index (χ0v) is 14.7. The summed E-state index contributed by atoms with van der Waals surface area (Å²) < 4.78 is 5.18. The Morgan fingerprint density at radius 3 is 2.21 bits per heavy atom. The first-order valence-corrected chi connectivity index (χ1v) is 8.28. The molecule has 0 radical (unpaired) electrons. The Morgan fingerprint density at radius 1 is 1.12 bits per heavy atom. The van der Waals surface area contributed by atoms with Crippen molar-refractivity contribution in [1.29, 1.82) is 0 Å². The number of carbonyl (C=O) groups excluding carboxylic acids is 1.